The summed E-state index contributed by atoms with van der Waals surface area (Å²) in [4.78, 5) is 4.32. The van der Waals surface area contributed by atoms with Gasteiger partial charge in [-0.15, -0.1) is 47.3 Å². The third kappa shape index (κ3) is 5.82. The molecule has 3 heterocycles. The van der Waals surface area contributed by atoms with Crippen LogP contribution < -0.4 is 9.15 Å². The minimum absolute atomic E-state index is 0. The van der Waals surface area contributed by atoms with Crippen LogP contribution in [0.15, 0.2) is 134 Å². The summed E-state index contributed by atoms with van der Waals surface area (Å²) in [5, 5.41) is 2.51. The summed E-state index contributed by atoms with van der Waals surface area (Å²) in [6, 6.07) is 54.3. The summed E-state index contributed by atoms with van der Waals surface area (Å²) in [7, 11) is 0. The number of hydrogen-bond acceptors (Lipinski definition) is 1. The van der Waals surface area contributed by atoms with Crippen LogP contribution >= 0.6 is 0 Å². The molecule has 0 saturated heterocycles. The summed E-state index contributed by atoms with van der Waals surface area (Å²) >= 11 is 0. The van der Waals surface area contributed by atoms with Gasteiger partial charge in [-0.05, 0) is 48.1 Å². The predicted molar refractivity (Wildman–Crippen MR) is 183 cm³/mol. The van der Waals surface area contributed by atoms with Crippen molar-refractivity contribution >= 4 is 50.6 Å². The molecule has 1 aliphatic rings. The number of para-hydroxylation sites is 4. The molecule has 0 bridgehead atoms. The summed E-state index contributed by atoms with van der Waals surface area (Å²) in [6.07, 6.45) is 1.87. The van der Waals surface area contributed by atoms with E-state index in [1.807, 2.05) is 49.5 Å². The van der Waals surface area contributed by atoms with Crippen molar-refractivity contribution in [2.75, 3.05) is 0 Å². The van der Waals surface area contributed by atoms with Crippen LogP contribution in [0.25, 0.3) is 33.1 Å². The minimum Gasteiger partial charge on any atom is -0.362 e. The van der Waals surface area contributed by atoms with Crippen LogP contribution in [-0.4, -0.2) is 15.6 Å². The number of rotatable bonds is 4. The minimum atomic E-state index is 0. The second kappa shape index (κ2) is 13.0. The van der Waals surface area contributed by atoms with Gasteiger partial charge in [0.2, 0.25) is 5.69 Å². The normalized spacial score (nSPS) is 11.8. The number of pyridine rings is 1. The van der Waals surface area contributed by atoms with Gasteiger partial charge in [-0.3, -0.25) is 0 Å². The zero-order chi connectivity index (χ0) is 30.0. The quantitative estimate of drug-likeness (QED) is 0.130. The third-order valence-electron chi connectivity index (χ3n) is 7.86. The van der Waals surface area contributed by atoms with E-state index in [2.05, 4.69) is 142 Å². The largest absolute Gasteiger partial charge is 0.501 e. The Kier molecular flexibility index (Phi) is 8.69. The van der Waals surface area contributed by atoms with Crippen molar-refractivity contribution in [3.63, 3.8) is 0 Å². The van der Waals surface area contributed by atoms with E-state index in [1.165, 1.54) is 27.4 Å². The van der Waals surface area contributed by atoms with Gasteiger partial charge < -0.3 is 9.55 Å². The maximum absolute atomic E-state index is 4.32. The van der Waals surface area contributed by atoms with Crippen LogP contribution in [0.2, 0.25) is 0 Å². The smallest absolute Gasteiger partial charge is 0.362 e. The fourth-order valence-corrected chi connectivity index (χ4v) is 5.80. The van der Waals surface area contributed by atoms with Crippen molar-refractivity contribution in [2.24, 2.45) is 0 Å². The molecule has 221 valence electrons. The molecule has 1 aliphatic heterocycles. The second-order valence-corrected chi connectivity index (χ2v) is 11.2. The predicted octanol–water partition coefficient (Wildman–Crippen LogP) is 9.89. The molecular weight excluding hydrogens is 729 g/mol. The molecule has 0 atom stereocenters. The molecule has 0 N–H and O–H groups in total. The Bertz CT molecular complexity index is 2170. The van der Waals surface area contributed by atoms with Crippen LogP contribution in [0.3, 0.4) is 0 Å². The zero-order valence-electron chi connectivity index (χ0n) is 25.4. The van der Waals surface area contributed by atoms with E-state index in [0.717, 1.165) is 34.0 Å². The number of hydrogen-bond donors (Lipinski definition) is 0. The van der Waals surface area contributed by atoms with E-state index in [9.17, 15) is 0 Å². The molecule has 45 heavy (non-hydrogen) atoms. The molecule has 0 aliphatic carbocycles. The first-order valence-corrected chi connectivity index (χ1v) is 14.9. The number of nitrogens with zero attached hydrogens (tertiary/aromatic N) is 4. The van der Waals surface area contributed by atoms with Crippen molar-refractivity contribution in [2.45, 2.75) is 26.8 Å². The fourth-order valence-electron chi connectivity index (χ4n) is 5.80. The average Bonchev–Trinajstić information content (AvgIpc) is 3.62. The van der Waals surface area contributed by atoms with Gasteiger partial charge in [-0.2, -0.15) is 6.07 Å². The summed E-state index contributed by atoms with van der Waals surface area (Å²) in [6.45, 7) is 6.51. The monoisotopic (exact) mass is 761 g/mol. The van der Waals surface area contributed by atoms with Gasteiger partial charge in [0.25, 0.3) is 11.4 Å². The molecule has 0 saturated carbocycles. The van der Waals surface area contributed by atoms with E-state index in [4.69, 9.17) is 0 Å². The molecule has 5 aromatic carbocycles. The average molecular weight is 761 g/mol. The molecule has 7 aromatic rings. The first-order valence-electron chi connectivity index (χ1n) is 14.9. The van der Waals surface area contributed by atoms with Gasteiger partial charge in [-0.1, -0.05) is 76.8 Å². The van der Waals surface area contributed by atoms with Gasteiger partial charge in [-0.25, -0.2) is 0 Å². The molecule has 2 aromatic heterocycles. The Morgan fingerprint density at radius 3 is 2.13 bits per heavy atom. The second-order valence-electron chi connectivity index (χ2n) is 11.2. The van der Waals surface area contributed by atoms with Crippen molar-refractivity contribution in [3.8, 4) is 11.3 Å². The van der Waals surface area contributed by atoms with Gasteiger partial charge in [0.15, 0.2) is 0 Å². The maximum Gasteiger partial charge on any atom is 0.501 e. The van der Waals surface area contributed by atoms with Gasteiger partial charge in [0, 0.05) is 62.1 Å². The standard InChI is InChI=1S/C28H22N3.C12H10N.Ir/c1-20(2)31-25-13-7-6-12-23(25)24-17-16-22(18-28(24)31)30-19-29(21-10-4-3-5-11-21)26-14-8-9-15-27(26)30;1-10-7-8-12(13-9-10)11-5-3-2-4-6-11;/h3-15,17-18,20H,1-2H3;2-5,7-9H,1H3;/q+1;-1;. The molecule has 0 fully saturated rings. The van der Waals surface area contributed by atoms with Crippen LogP contribution in [0.5, 0.6) is 0 Å². The Labute approximate surface area is 277 Å². The van der Waals surface area contributed by atoms with Crippen molar-refractivity contribution < 1.29 is 20.1 Å². The van der Waals surface area contributed by atoms with E-state index in [-0.39, 0.29) is 20.1 Å². The first kappa shape index (κ1) is 30.1. The molecular formula is C40H32IrN4. The fraction of sp³-hybridized carbons (Fsp3) is 0.100. The summed E-state index contributed by atoms with van der Waals surface area (Å²) in [5.74, 6) is 0. The Balaban J connectivity index is 0.000000215. The molecule has 0 spiro atoms. The number of aryl methyl sites for hydroxylation is 1. The van der Waals surface area contributed by atoms with E-state index < -0.39 is 0 Å². The Hall–Kier alpha value is -4.92. The van der Waals surface area contributed by atoms with E-state index in [1.54, 1.807) is 0 Å². The van der Waals surface area contributed by atoms with Crippen molar-refractivity contribution in [3.05, 3.63) is 151 Å². The molecule has 1 radical (unpaired) electrons. The topological polar surface area (TPSA) is 23.8 Å². The summed E-state index contributed by atoms with van der Waals surface area (Å²) < 4.78 is 6.65. The molecule has 4 nitrogen and oxygen atoms in total. The molecule has 5 heteroatoms. The van der Waals surface area contributed by atoms with Crippen molar-refractivity contribution in [1.82, 2.24) is 18.7 Å². The van der Waals surface area contributed by atoms with Gasteiger partial charge >= 0.3 is 6.01 Å². The third-order valence-corrected chi connectivity index (χ3v) is 7.86. The molecule has 8 rings (SSSR count). The Morgan fingerprint density at radius 1 is 0.711 bits per heavy atom. The van der Waals surface area contributed by atoms with Gasteiger partial charge in [0.05, 0.1) is 0 Å². The first-order chi connectivity index (χ1) is 21.6. The Morgan fingerprint density at radius 2 is 1.42 bits per heavy atom. The van der Waals surface area contributed by atoms with Crippen LogP contribution in [-0.2, 0) is 20.1 Å². The van der Waals surface area contributed by atoms with E-state index in [0.29, 0.717) is 6.04 Å². The van der Waals surface area contributed by atoms with Crippen molar-refractivity contribution in [1.29, 1.82) is 0 Å². The molecule has 0 amide bonds. The summed E-state index contributed by atoms with van der Waals surface area (Å²) in [5.41, 5.74) is 9.99. The van der Waals surface area contributed by atoms with Gasteiger partial charge in [0.1, 0.15) is 5.69 Å². The molecule has 0 unspecified atom stereocenters. The number of aromatic nitrogens is 2. The zero-order valence-corrected chi connectivity index (χ0v) is 27.8. The SMILES string of the molecule is CC(C)n1c2ccccc2c2c[c-]c([N+]3=C=[N+](c4ccccc4)c4ccccc43)cc21.Cc1ccc(-c2[c-]cccc2)nc1.[Ir]. The van der Waals surface area contributed by atoms with E-state index >= 15 is 0 Å². The van der Waals surface area contributed by atoms with Crippen LogP contribution in [0.1, 0.15) is 25.5 Å². The maximum atomic E-state index is 4.32. The van der Waals surface area contributed by atoms with Crippen LogP contribution in [0.4, 0.5) is 22.7 Å². The number of fused-ring (bicyclic) bond motifs is 4. The van der Waals surface area contributed by atoms with Crippen LogP contribution in [0, 0.1) is 19.1 Å². The number of benzene rings is 5.